The van der Waals surface area contributed by atoms with Gasteiger partial charge in [0.05, 0.1) is 29.3 Å². The third kappa shape index (κ3) is 4.88. The van der Waals surface area contributed by atoms with Crippen molar-refractivity contribution < 1.29 is 14.0 Å². The zero-order valence-electron chi connectivity index (χ0n) is 18.1. The number of halogens is 2. The number of nitrogens with zero attached hydrogens (tertiary/aromatic N) is 5. The number of carbonyl (C=O) groups excluding carboxylic acids is 2. The normalized spacial score (nSPS) is 11.1. The van der Waals surface area contributed by atoms with Gasteiger partial charge in [-0.25, -0.2) is 4.98 Å². The van der Waals surface area contributed by atoms with Crippen LogP contribution in [0.5, 0.6) is 0 Å². The van der Waals surface area contributed by atoms with Gasteiger partial charge in [-0.15, -0.1) is 11.3 Å². The molecule has 0 aromatic carbocycles. The Hall–Kier alpha value is -3.58. The summed E-state index contributed by atoms with van der Waals surface area (Å²) < 4.78 is 12.1. The van der Waals surface area contributed by atoms with Gasteiger partial charge in [-0.2, -0.15) is 14.2 Å². The summed E-state index contributed by atoms with van der Waals surface area (Å²) >= 11 is 15.1. The summed E-state index contributed by atoms with van der Waals surface area (Å²) in [6.07, 6.45) is 2.38. The smallest absolute Gasteiger partial charge is 0.299 e. The number of hydrogen-bond donors (Lipinski definition) is 1. The highest BCUT2D eigenvalue weighted by molar-refractivity contribution is 7.16. The second kappa shape index (κ2) is 10.2. The molecule has 182 valence electrons. The first-order valence-corrected chi connectivity index (χ1v) is 12.7. The number of hydrogen-bond acceptors (Lipinski definition) is 10. The van der Waals surface area contributed by atoms with Crippen LogP contribution in [0.4, 0.5) is 5.82 Å². The van der Waals surface area contributed by atoms with Crippen LogP contribution in [0.15, 0.2) is 63.6 Å². The number of carbonyl (C=O) groups is 2. The number of Topliss-reactive ketones (excluding diaryl/α,β-unsaturated/α-hetero) is 1. The molecule has 0 aliphatic carbocycles. The molecule has 0 amide bonds. The summed E-state index contributed by atoms with van der Waals surface area (Å²) in [7, 11) is 0. The molecule has 10 nitrogen and oxygen atoms in total. The molecule has 0 bridgehead atoms. The molecule has 0 saturated heterocycles. The van der Waals surface area contributed by atoms with E-state index in [0.29, 0.717) is 28.0 Å². The van der Waals surface area contributed by atoms with Crippen LogP contribution in [0.2, 0.25) is 9.49 Å². The first-order chi connectivity index (χ1) is 17.4. The number of aromatic nitrogens is 5. The Labute approximate surface area is 220 Å². The Kier molecular flexibility index (Phi) is 6.83. The van der Waals surface area contributed by atoms with Crippen molar-refractivity contribution in [1.82, 2.24) is 23.7 Å². The van der Waals surface area contributed by atoms with Crippen molar-refractivity contribution in [3.63, 3.8) is 0 Å². The SMILES string of the molecule is O=C(Cn1c(Cl)c(-c2cc(NCc3ccc(Cl)s3)n(C(=O)c3ccsn3)n2)ccc1=O)c1cnco1. The number of anilines is 1. The summed E-state index contributed by atoms with van der Waals surface area (Å²) in [6.45, 7) is 0.0369. The molecule has 1 N–H and O–H groups in total. The van der Waals surface area contributed by atoms with Crippen LogP contribution in [0.1, 0.15) is 25.9 Å². The predicted molar refractivity (Wildman–Crippen MR) is 136 cm³/mol. The van der Waals surface area contributed by atoms with Crippen molar-refractivity contribution in [3.8, 4) is 11.3 Å². The quantitative estimate of drug-likeness (QED) is 0.213. The molecule has 0 aliphatic rings. The Bertz CT molecular complexity index is 1610. The Morgan fingerprint density at radius 1 is 1.14 bits per heavy atom. The van der Waals surface area contributed by atoms with Gasteiger partial charge < -0.3 is 9.73 Å². The lowest BCUT2D eigenvalue weighted by Crippen LogP contribution is -2.24. The maximum absolute atomic E-state index is 13.1. The van der Waals surface area contributed by atoms with E-state index in [1.165, 1.54) is 34.3 Å². The van der Waals surface area contributed by atoms with E-state index < -0.39 is 17.2 Å². The fraction of sp³-hybridized carbons (Fsp3) is 0.0909. The summed E-state index contributed by atoms with van der Waals surface area (Å²) in [5, 5.41) is 9.32. The minimum absolute atomic E-state index is 0.00155. The molecule has 36 heavy (non-hydrogen) atoms. The number of thiophene rings is 1. The van der Waals surface area contributed by atoms with Crippen LogP contribution in [-0.4, -0.2) is 35.4 Å². The number of pyridine rings is 1. The monoisotopic (exact) mass is 560 g/mol. The first-order valence-electron chi connectivity index (χ1n) is 10.3. The average Bonchev–Trinajstić information content (AvgIpc) is 3.67. The number of ketones is 1. The van der Waals surface area contributed by atoms with Gasteiger partial charge in [-0.05, 0) is 35.8 Å². The first kappa shape index (κ1) is 24.1. The third-order valence-electron chi connectivity index (χ3n) is 5.03. The Balaban J connectivity index is 1.52. The summed E-state index contributed by atoms with van der Waals surface area (Å²) in [6, 6.07) is 9.66. The molecule has 0 saturated carbocycles. The zero-order chi connectivity index (χ0) is 25.2. The van der Waals surface area contributed by atoms with Crippen LogP contribution >= 0.6 is 46.1 Å². The lowest BCUT2D eigenvalue weighted by Gasteiger charge is -2.09. The second-order valence-electron chi connectivity index (χ2n) is 7.33. The van der Waals surface area contributed by atoms with Crippen molar-refractivity contribution in [3.05, 3.63) is 90.5 Å². The molecule has 0 aliphatic heterocycles. The Morgan fingerprint density at radius 3 is 2.69 bits per heavy atom. The molecule has 0 atom stereocenters. The molecule has 14 heteroatoms. The molecule has 0 spiro atoms. The summed E-state index contributed by atoms with van der Waals surface area (Å²) in [4.78, 5) is 42.8. The van der Waals surface area contributed by atoms with Gasteiger partial charge in [0, 0.05) is 28.0 Å². The lowest BCUT2D eigenvalue weighted by atomic mass is 10.2. The highest BCUT2D eigenvalue weighted by atomic mass is 35.5. The molecule has 5 aromatic heterocycles. The van der Waals surface area contributed by atoms with Crippen LogP contribution in [0.25, 0.3) is 11.3 Å². The summed E-state index contributed by atoms with van der Waals surface area (Å²) in [5.74, 6) is -0.533. The molecule has 5 rings (SSSR count). The van der Waals surface area contributed by atoms with E-state index in [9.17, 15) is 14.4 Å². The van der Waals surface area contributed by atoms with Gasteiger partial charge in [0.1, 0.15) is 16.7 Å². The van der Waals surface area contributed by atoms with Gasteiger partial charge in [-0.3, -0.25) is 19.0 Å². The average molecular weight is 561 g/mol. The molecule has 5 heterocycles. The van der Waals surface area contributed by atoms with E-state index in [1.54, 1.807) is 23.6 Å². The van der Waals surface area contributed by atoms with Crippen LogP contribution in [-0.2, 0) is 13.1 Å². The predicted octanol–water partition coefficient (Wildman–Crippen LogP) is 4.71. The van der Waals surface area contributed by atoms with E-state index >= 15 is 0 Å². The zero-order valence-corrected chi connectivity index (χ0v) is 21.2. The van der Waals surface area contributed by atoms with Crippen molar-refractivity contribution >= 4 is 63.6 Å². The topological polar surface area (TPSA) is 125 Å². The molecular weight excluding hydrogens is 547 g/mol. The van der Waals surface area contributed by atoms with E-state index in [-0.39, 0.29) is 23.2 Å². The van der Waals surface area contributed by atoms with Gasteiger partial charge in [0.25, 0.3) is 11.5 Å². The fourth-order valence-electron chi connectivity index (χ4n) is 3.32. The standard InChI is InChI=1S/C22H14Cl2N6O4S2/c23-18-3-1-12(36-18)8-26-19-7-15(27-30(19)22(33)14-5-6-35-28-14)13-2-4-20(32)29(21(13)24)10-16(31)17-9-25-11-34-17/h1-7,9,11,26H,8,10H2. The second-order valence-corrected chi connectivity index (χ2v) is 10.2. The molecule has 0 radical (unpaired) electrons. The third-order valence-corrected chi connectivity index (χ3v) is 7.23. The number of rotatable bonds is 8. The van der Waals surface area contributed by atoms with Crippen molar-refractivity contribution in [2.45, 2.75) is 13.1 Å². The van der Waals surface area contributed by atoms with E-state index in [0.717, 1.165) is 27.4 Å². The molecule has 0 fully saturated rings. The van der Waals surface area contributed by atoms with Gasteiger partial charge in [0.2, 0.25) is 5.78 Å². The van der Waals surface area contributed by atoms with Crippen molar-refractivity contribution in [1.29, 1.82) is 0 Å². The maximum atomic E-state index is 13.1. The molecular formula is C22H14Cl2N6O4S2. The summed E-state index contributed by atoms with van der Waals surface area (Å²) in [5.41, 5.74) is 0.415. The van der Waals surface area contributed by atoms with Crippen molar-refractivity contribution in [2.24, 2.45) is 0 Å². The minimum atomic E-state index is -0.484. The van der Waals surface area contributed by atoms with Crippen LogP contribution in [0, 0.1) is 0 Å². The van der Waals surface area contributed by atoms with Gasteiger partial charge in [-0.1, -0.05) is 23.2 Å². The van der Waals surface area contributed by atoms with Gasteiger partial charge in [0.15, 0.2) is 12.2 Å². The lowest BCUT2D eigenvalue weighted by molar-refractivity contribution is 0.0937. The number of nitrogens with one attached hydrogen (secondary N) is 1. The number of oxazole rings is 1. The van der Waals surface area contributed by atoms with Crippen LogP contribution < -0.4 is 10.9 Å². The maximum Gasteiger partial charge on any atom is 0.299 e. The van der Waals surface area contributed by atoms with Gasteiger partial charge >= 0.3 is 0 Å². The molecule has 0 unspecified atom stereocenters. The van der Waals surface area contributed by atoms with E-state index in [4.69, 9.17) is 27.6 Å². The van der Waals surface area contributed by atoms with Crippen LogP contribution in [0.3, 0.4) is 0 Å². The largest absolute Gasteiger partial charge is 0.440 e. The fourth-order valence-corrected chi connectivity index (χ4v) is 5.15. The highest BCUT2D eigenvalue weighted by Gasteiger charge is 2.22. The molecule has 5 aromatic rings. The van der Waals surface area contributed by atoms with Crippen molar-refractivity contribution in [2.75, 3.05) is 5.32 Å². The van der Waals surface area contributed by atoms with E-state index in [1.807, 2.05) is 6.07 Å². The Morgan fingerprint density at radius 2 is 2.00 bits per heavy atom. The highest BCUT2D eigenvalue weighted by Crippen LogP contribution is 2.29. The van der Waals surface area contributed by atoms with E-state index in [2.05, 4.69) is 19.8 Å². The minimum Gasteiger partial charge on any atom is -0.440 e.